The van der Waals surface area contributed by atoms with E-state index in [1.54, 1.807) is 25.3 Å². The number of rotatable bonds is 3. The van der Waals surface area contributed by atoms with E-state index >= 15 is 0 Å². The van der Waals surface area contributed by atoms with Gasteiger partial charge in [-0.3, -0.25) is 15.6 Å². The van der Waals surface area contributed by atoms with Crippen LogP contribution in [0.25, 0.3) is 0 Å². The smallest absolute Gasteiger partial charge is 0.269 e. The van der Waals surface area contributed by atoms with Crippen molar-refractivity contribution in [1.29, 1.82) is 0 Å². The zero-order valence-corrected chi connectivity index (χ0v) is 13.5. The minimum absolute atomic E-state index is 0.184. The van der Waals surface area contributed by atoms with E-state index in [2.05, 4.69) is 16.2 Å². The van der Waals surface area contributed by atoms with Crippen LogP contribution in [0, 0.1) is 12.7 Å². The minimum atomic E-state index is -0.355. The first-order valence-electron chi connectivity index (χ1n) is 6.77. The third-order valence-electron chi connectivity index (χ3n) is 3.06. The van der Waals surface area contributed by atoms with Crippen LogP contribution >= 0.6 is 12.2 Å². The quantitative estimate of drug-likeness (QED) is 0.595. The molecule has 0 saturated heterocycles. The SMILES string of the molecule is COc1cc(C(=O)NNC(=S)Nc2ccc(F)cc2)ccc1C. The Morgan fingerprint density at radius 3 is 2.48 bits per heavy atom. The average Bonchev–Trinajstić information content (AvgIpc) is 2.55. The van der Waals surface area contributed by atoms with Gasteiger partial charge in [0.15, 0.2) is 5.11 Å². The zero-order chi connectivity index (χ0) is 16.8. The normalized spacial score (nSPS) is 9.87. The lowest BCUT2D eigenvalue weighted by Gasteiger charge is -2.12. The van der Waals surface area contributed by atoms with Gasteiger partial charge in [-0.25, -0.2) is 4.39 Å². The van der Waals surface area contributed by atoms with Crippen LogP contribution < -0.4 is 20.9 Å². The summed E-state index contributed by atoms with van der Waals surface area (Å²) in [5.41, 5.74) is 7.04. The van der Waals surface area contributed by atoms with Crippen LogP contribution in [0.2, 0.25) is 0 Å². The van der Waals surface area contributed by atoms with E-state index in [0.717, 1.165) is 5.56 Å². The van der Waals surface area contributed by atoms with Crippen molar-refractivity contribution in [2.24, 2.45) is 0 Å². The van der Waals surface area contributed by atoms with E-state index in [4.69, 9.17) is 17.0 Å². The molecule has 0 heterocycles. The summed E-state index contributed by atoms with van der Waals surface area (Å²) in [4.78, 5) is 12.1. The number of nitrogens with one attached hydrogen (secondary N) is 3. The van der Waals surface area contributed by atoms with Gasteiger partial charge in [-0.05, 0) is 61.1 Å². The molecule has 23 heavy (non-hydrogen) atoms. The van der Waals surface area contributed by atoms with E-state index in [1.165, 1.54) is 24.3 Å². The summed E-state index contributed by atoms with van der Waals surface area (Å²) < 4.78 is 18.0. The Bertz CT molecular complexity index is 720. The highest BCUT2D eigenvalue weighted by Gasteiger charge is 2.08. The van der Waals surface area contributed by atoms with Gasteiger partial charge in [0, 0.05) is 11.3 Å². The van der Waals surface area contributed by atoms with E-state index in [-0.39, 0.29) is 16.8 Å². The van der Waals surface area contributed by atoms with Crippen molar-refractivity contribution in [3.05, 3.63) is 59.4 Å². The number of halogens is 1. The predicted octanol–water partition coefficient (Wildman–Crippen LogP) is 2.77. The molecular formula is C16H16FN3O2S. The Kier molecular flexibility index (Phi) is 5.48. The number of hydrogen-bond acceptors (Lipinski definition) is 3. The maximum absolute atomic E-state index is 12.8. The molecule has 1 amide bonds. The maximum Gasteiger partial charge on any atom is 0.269 e. The second-order valence-corrected chi connectivity index (χ2v) is 5.13. The largest absolute Gasteiger partial charge is 0.496 e. The van der Waals surface area contributed by atoms with Crippen molar-refractivity contribution in [2.45, 2.75) is 6.92 Å². The van der Waals surface area contributed by atoms with Gasteiger partial charge in [-0.2, -0.15) is 0 Å². The molecule has 7 heteroatoms. The van der Waals surface area contributed by atoms with Crippen LogP contribution in [0.5, 0.6) is 5.75 Å². The summed E-state index contributed by atoms with van der Waals surface area (Å²) in [6.07, 6.45) is 0. The van der Waals surface area contributed by atoms with Crippen molar-refractivity contribution in [3.8, 4) is 5.75 Å². The molecule has 5 nitrogen and oxygen atoms in total. The first-order valence-corrected chi connectivity index (χ1v) is 7.18. The van der Waals surface area contributed by atoms with Gasteiger partial charge < -0.3 is 10.1 Å². The van der Waals surface area contributed by atoms with Gasteiger partial charge in [-0.15, -0.1) is 0 Å². The lowest BCUT2D eigenvalue weighted by atomic mass is 10.1. The van der Waals surface area contributed by atoms with Gasteiger partial charge in [0.25, 0.3) is 5.91 Å². The fraction of sp³-hybridized carbons (Fsp3) is 0.125. The van der Waals surface area contributed by atoms with Crippen LogP contribution in [0.4, 0.5) is 10.1 Å². The third kappa shape index (κ3) is 4.65. The second kappa shape index (κ2) is 7.55. The summed E-state index contributed by atoms with van der Waals surface area (Å²) in [5, 5.41) is 3.01. The van der Waals surface area contributed by atoms with Crippen molar-refractivity contribution >= 4 is 28.9 Å². The number of amides is 1. The Morgan fingerprint density at radius 1 is 1.13 bits per heavy atom. The number of benzene rings is 2. The molecule has 2 aromatic carbocycles. The summed E-state index contributed by atoms with van der Waals surface area (Å²) in [6, 6.07) is 10.8. The number of hydrogen-bond donors (Lipinski definition) is 3. The molecule has 0 unspecified atom stereocenters. The highest BCUT2D eigenvalue weighted by Crippen LogP contribution is 2.18. The van der Waals surface area contributed by atoms with Crippen molar-refractivity contribution in [2.75, 3.05) is 12.4 Å². The topological polar surface area (TPSA) is 62.4 Å². The summed E-state index contributed by atoms with van der Waals surface area (Å²) >= 11 is 5.05. The minimum Gasteiger partial charge on any atom is -0.496 e. The second-order valence-electron chi connectivity index (χ2n) is 4.72. The lowest BCUT2D eigenvalue weighted by Crippen LogP contribution is -2.43. The molecule has 2 rings (SSSR count). The zero-order valence-electron chi connectivity index (χ0n) is 12.6. The average molecular weight is 333 g/mol. The fourth-order valence-electron chi connectivity index (χ4n) is 1.84. The van der Waals surface area contributed by atoms with Gasteiger partial charge in [0.2, 0.25) is 0 Å². The van der Waals surface area contributed by atoms with E-state index in [1.807, 2.05) is 6.92 Å². The molecule has 2 aromatic rings. The number of aryl methyl sites for hydroxylation is 1. The number of hydrazine groups is 1. The molecule has 0 saturated carbocycles. The van der Waals surface area contributed by atoms with Crippen molar-refractivity contribution < 1.29 is 13.9 Å². The molecule has 0 aliphatic heterocycles. The van der Waals surface area contributed by atoms with Crippen LogP contribution in [0.15, 0.2) is 42.5 Å². The number of ether oxygens (including phenoxy) is 1. The maximum atomic E-state index is 12.8. The molecular weight excluding hydrogens is 317 g/mol. The van der Waals surface area contributed by atoms with Gasteiger partial charge >= 0.3 is 0 Å². The lowest BCUT2D eigenvalue weighted by molar-refractivity contribution is 0.0944. The van der Waals surface area contributed by atoms with E-state index in [0.29, 0.717) is 17.0 Å². The Balaban J connectivity index is 1.91. The predicted molar refractivity (Wildman–Crippen MR) is 91.0 cm³/mol. The number of methoxy groups -OCH3 is 1. The van der Waals surface area contributed by atoms with Crippen LogP contribution in [0.3, 0.4) is 0 Å². The van der Waals surface area contributed by atoms with E-state index < -0.39 is 0 Å². The standard InChI is InChI=1S/C16H16FN3O2S/c1-10-3-4-11(9-14(10)22-2)15(21)19-20-16(23)18-13-7-5-12(17)6-8-13/h3-9H,1-2H3,(H,19,21)(H2,18,20,23). The molecule has 0 bridgehead atoms. The summed E-state index contributed by atoms with van der Waals surface area (Å²) in [6.45, 7) is 1.89. The Hall–Kier alpha value is -2.67. The Labute approximate surface area is 138 Å². The van der Waals surface area contributed by atoms with Crippen LogP contribution in [0.1, 0.15) is 15.9 Å². The molecule has 0 aliphatic rings. The number of carbonyl (C=O) groups excluding carboxylic acids is 1. The first-order chi connectivity index (χ1) is 11.0. The Morgan fingerprint density at radius 2 is 1.83 bits per heavy atom. The molecule has 0 aliphatic carbocycles. The molecule has 0 atom stereocenters. The molecule has 0 radical (unpaired) electrons. The van der Waals surface area contributed by atoms with Gasteiger partial charge in [0.1, 0.15) is 11.6 Å². The molecule has 3 N–H and O–H groups in total. The summed E-state index contributed by atoms with van der Waals surface area (Å²) in [5.74, 6) is -0.0627. The first kappa shape index (κ1) is 16.7. The fourth-order valence-corrected chi connectivity index (χ4v) is 2.01. The van der Waals surface area contributed by atoms with Gasteiger partial charge in [0.05, 0.1) is 7.11 Å². The van der Waals surface area contributed by atoms with E-state index in [9.17, 15) is 9.18 Å². The molecule has 0 aromatic heterocycles. The highest BCUT2D eigenvalue weighted by atomic mass is 32.1. The van der Waals surface area contributed by atoms with Crippen LogP contribution in [-0.4, -0.2) is 18.1 Å². The highest BCUT2D eigenvalue weighted by molar-refractivity contribution is 7.80. The van der Waals surface area contributed by atoms with Gasteiger partial charge in [-0.1, -0.05) is 6.07 Å². The van der Waals surface area contributed by atoms with Crippen molar-refractivity contribution in [1.82, 2.24) is 10.9 Å². The number of anilines is 1. The molecule has 120 valence electrons. The molecule has 0 spiro atoms. The number of thiocarbonyl (C=S) groups is 1. The van der Waals surface area contributed by atoms with Crippen molar-refractivity contribution in [3.63, 3.8) is 0 Å². The third-order valence-corrected chi connectivity index (χ3v) is 3.27. The van der Waals surface area contributed by atoms with Crippen LogP contribution in [-0.2, 0) is 0 Å². The summed E-state index contributed by atoms with van der Waals surface area (Å²) in [7, 11) is 1.55. The molecule has 0 fully saturated rings. The monoisotopic (exact) mass is 333 g/mol. The number of carbonyl (C=O) groups is 1.